The predicted molar refractivity (Wildman–Crippen MR) is 130 cm³/mol. The monoisotopic (exact) mass is 440 g/mol. The average Bonchev–Trinajstić information content (AvgIpc) is 2.80. The summed E-state index contributed by atoms with van der Waals surface area (Å²) in [4.78, 5) is 43.2. The average molecular weight is 441 g/mol. The highest BCUT2D eigenvalue weighted by molar-refractivity contribution is 5.96. The Kier molecular flexibility index (Phi) is 6.04. The third-order valence-electron chi connectivity index (χ3n) is 5.46. The van der Waals surface area contributed by atoms with E-state index in [0.29, 0.717) is 28.0 Å². The van der Waals surface area contributed by atoms with Crippen molar-refractivity contribution in [3.8, 4) is 11.3 Å². The number of rotatable bonds is 5. The summed E-state index contributed by atoms with van der Waals surface area (Å²) in [5.41, 5.74) is 3.45. The van der Waals surface area contributed by atoms with Gasteiger partial charge in [0.25, 0.3) is 5.56 Å². The summed E-state index contributed by atoms with van der Waals surface area (Å²) in [6, 6.07) is 20.8. The van der Waals surface area contributed by atoms with Gasteiger partial charge >= 0.3 is 0 Å². The first-order valence-corrected chi connectivity index (χ1v) is 10.6. The van der Waals surface area contributed by atoms with Gasteiger partial charge < -0.3 is 10.6 Å². The van der Waals surface area contributed by atoms with Crippen LogP contribution in [0, 0.1) is 6.92 Å². The lowest BCUT2D eigenvalue weighted by Crippen LogP contribution is -2.33. The van der Waals surface area contributed by atoms with Crippen molar-refractivity contribution < 1.29 is 9.59 Å². The molecule has 7 nitrogen and oxygen atoms in total. The van der Waals surface area contributed by atoms with Gasteiger partial charge in [-0.2, -0.15) is 0 Å². The number of hydrogen-bond acceptors (Lipinski definition) is 4. The van der Waals surface area contributed by atoms with E-state index in [9.17, 15) is 14.4 Å². The molecule has 7 heteroatoms. The van der Waals surface area contributed by atoms with Gasteiger partial charge in [-0.25, -0.2) is 4.98 Å². The molecular weight excluding hydrogens is 416 g/mol. The molecule has 3 aromatic carbocycles. The number of anilines is 2. The zero-order valence-corrected chi connectivity index (χ0v) is 18.6. The van der Waals surface area contributed by atoms with E-state index in [0.717, 1.165) is 5.56 Å². The van der Waals surface area contributed by atoms with Crippen LogP contribution >= 0.6 is 0 Å². The van der Waals surface area contributed by atoms with Crippen LogP contribution in [0.15, 0.2) is 77.6 Å². The van der Waals surface area contributed by atoms with E-state index in [1.165, 1.54) is 11.5 Å². The van der Waals surface area contributed by atoms with Gasteiger partial charge in [0.05, 0.1) is 16.7 Å². The smallest absolute Gasteiger partial charge is 0.278 e. The van der Waals surface area contributed by atoms with Crippen LogP contribution < -0.4 is 16.2 Å². The predicted octanol–water partition coefficient (Wildman–Crippen LogP) is 4.53. The number of aryl methyl sites for hydroxylation is 1. The number of para-hydroxylation sites is 4. The van der Waals surface area contributed by atoms with Gasteiger partial charge in [0.1, 0.15) is 11.7 Å². The van der Waals surface area contributed by atoms with Gasteiger partial charge in [-0.3, -0.25) is 19.0 Å². The number of amides is 2. The minimum absolute atomic E-state index is 0.161. The Morgan fingerprint density at radius 2 is 1.52 bits per heavy atom. The molecule has 0 aliphatic heterocycles. The Balaban J connectivity index is 1.87. The maximum absolute atomic E-state index is 13.7. The maximum atomic E-state index is 13.7. The van der Waals surface area contributed by atoms with Crippen LogP contribution in [0.25, 0.3) is 22.3 Å². The molecule has 0 saturated heterocycles. The first-order chi connectivity index (χ1) is 15.9. The van der Waals surface area contributed by atoms with Crippen LogP contribution in [0.4, 0.5) is 11.4 Å². The van der Waals surface area contributed by atoms with Crippen molar-refractivity contribution in [3.05, 3.63) is 88.7 Å². The lowest BCUT2D eigenvalue weighted by atomic mass is 10.1. The van der Waals surface area contributed by atoms with E-state index in [1.54, 1.807) is 49.4 Å². The van der Waals surface area contributed by atoms with Gasteiger partial charge in [-0.05, 0) is 43.7 Å². The fraction of sp³-hybridized carbons (Fsp3) is 0.154. The first kappa shape index (κ1) is 22.0. The molecule has 4 aromatic rings. The van der Waals surface area contributed by atoms with E-state index in [4.69, 9.17) is 0 Å². The van der Waals surface area contributed by atoms with E-state index in [-0.39, 0.29) is 17.5 Å². The molecule has 0 saturated carbocycles. The van der Waals surface area contributed by atoms with Crippen LogP contribution in [0.1, 0.15) is 25.5 Å². The van der Waals surface area contributed by atoms with Crippen LogP contribution in [0.2, 0.25) is 0 Å². The van der Waals surface area contributed by atoms with E-state index in [2.05, 4.69) is 15.6 Å². The largest absolute Gasteiger partial charge is 0.326 e. The summed E-state index contributed by atoms with van der Waals surface area (Å²) in [7, 11) is 0. The maximum Gasteiger partial charge on any atom is 0.278 e. The number of hydrogen-bond donors (Lipinski definition) is 2. The molecule has 166 valence electrons. The molecule has 1 aromatic heterocycles. The second-order valence-electron chi connectivity index (χ2n) is 7.83. The minimum atomic E-state index is -0.809. The Labute approximate surface area is 191 Å². The van der Waals surface area contributed by atoms with Crippen molar-refractivity contribution in [3.63, 3.8) is 0 Å². The summed E-state index contributed by atoms with van der Waals surface area (Å²) in [5, 5.41) is 5.67. The fourth-order valence-electron chi connectivity index (χ4n) is 3.77. The normalized spacial score (nSPS) is 11.7. The molecule has 1 heterocycles. The summed E-state index contributed by atoms with van der Waals surface area (Å²) >= 11 is 0. The van der Waals surface area contributed by atoms with E-state index in [1.807, 2.05) is 37.3 Å². The number of carbonyl (C=O) groups excluding carboxylic acids is 2. The number of carbonyl (C=O) groups is 2. The van der Waals surface area contributed by atoms with E-state index < -0.39 is 11.6 Å². The molecule has 4 rings (SSSR count). The van der Waals surface area contributed by atoms with Crippen molar-refractivity contribution in [2.45, 2.75) is 26.8 Å². The van der Waals surface area contributed by atoms with Crippen LogP contribution in [0.3, 0.4) is 0 Å². The number of benzene rings is 3. The first-order valence-electron chi connectivity index (χ1n) is 10.6. The summed E-state index contributed by atoms with van der Waals surface area (Å²) < 4.78 is 1.45. The standard InChI is InChI=1S/C26H24N4O3/c1-16-10-4-6-12-20(16)29-25(32)17(2)30-23-15-9-8-14-22(23)28-24(26(30)33)19-11-5-7-13-21(19)27-18(3)31/h4-15,17H,1-3H3,(H,27,31)(H,29,32)/t17-/m0/s1. The minimum Gasteiger partial charge on any atom is -0.326 e. The van der Waals surface area contributed by atoms with Crippen molar-refractivity contribution >= 4 is 34.2 Å². The zero-order chi connectivity index (χ0) is 23.5. The van der Waals surface area contributed by atoms with Gasteiger partial charge in [-0.15, -0.1) is 0 Å². The van der Waals surface area contributed by atoms with Gasteiger partial charge in [0.15, 0.2) is 0 Å². The molecule has 0 spiro atoms. The Morgan fingerprint density at radius 1 is 0.879 bits per heavy atom. The van der Waals surface area contributed by atoms with Gasteiger partial charge in [0, 0.05) is 18.2 Å². The quantitative estimate of drug-likeness (QED) is 0.477. The molecule has 0 fully saturated rings. The number of aromatic nitrogens is 2. The summed E-state index contributed by atoms with van der Waals surface area (Å²) in [5.74, 6) is -0.571. The highest BCUT2D eigenvalue weighted by Gasteiger charge is 2.23. The zero-order valence-electron chi connectivity index (χ0n) is 18.6. The Bertz CT molecular complexity index is 1420. The molecule has 2 amide bonds. The van der Waals surface area contributed by atoms with Crippen molar-refractivity contribution in [2.75, 3.05) is 10.6 Å². The van der Waals surface area contributed by atoms with Crippen molar-refractivity contribution in [1.82, 2.24) is 9.55 Å². The van der Waals surface area contributed by atoms with Gasteiger partial charge in [-0.1, -0.05) is 48.5 Å². The van der Waals surface area contributed by atoms with Crippen LogP contribution in [-0.4, -0.2) is 21.4 Å². The second-order valence-corrected chi connectivity index (χ2v) is 7.83. The third-order valence-corrected chi connectivity index (χ3v) is 5.46. The molecule has 33 heavy (non-hydrogen) atoms. The molecular formula is C26H24N4O3. The third kappa shape index (κ3) is 4.39. The number of nitrogens with one attached hydrogen (secondary N) is 2. The molecule has 0 unspecified atom stereocenters. The van der Waals surface area contributed by atoms with Crippen LogP contribution in [0.5, 0.6) is 0 Å². The topological polar surface area (TPSA) is 93.1 Å². The summed E-state index contributed by atoms with van der Waals surface area (Å²) in [6.45, 7) is 5.00. The molecule has 0 aliphatic carbocycles. The highest BCUT2D eigenvalue weighted by atomic mass is 16.2. The Morgan fingerprint density at radius 3 is 2.24 bits per heavy atom. The lowest BCUT2D eigenvalue weighted by molar-refractivity contribution is -0.118. The number of nitrogens with zero attached hydrogens (tertiary/aromatic N) is 2. The molecule has 2 N–H and O–H groups in total. The molecule has 0 aliphatic rings. The number of fused-ring (bicyclic) bond motifs is 1. The fourth-order valence-corrected chi connectivity index (χ4v) is 3.77. The van der Waals surface area contributed by atoms with Gasteiger partial charge in [0.2, 0.25) is 11.8 Å². The molecule has 1 atom stereocenters. The highest BCUT2D eigenvalue weighted by Crippen LogP contribution is 2.27. The second kappa shape index (κ2) is 9.08. The van der Waals surface area contributed by atoms with E-state index >= 15 is 0 Å². The van der Waals surface area contributed by atoms with Crippen LogP contribution in [-0.2, 0) is 9.59 Å². The molecule has 0 radical (unpaired) electrons. The SMILES string of the molecule is CC(=O)Nc1ccccc1-c1nc2ccccc2n([C@@H](C)C(=O)Nc2ccccc2C)c1=O. The Hall–Kier alpha value is -4.26. The molecule has 0 bridgehead atoms. The van der Waals surface area contributed by atoms with Crippen molar-refractivity contribution in [1.29, 1.82) is 0 Å². The lowest BCUT2D eigenvalue weighted by Gasteiger charge is -2.20. The van der Waals surface area contributed by atoms with Crippen molar-refractivity contribution in [2.24, 2.45) is 0 Å². The summed E-state index contributed by atoms with van der Waals surface area (Å²) in [6.07, 6.45) is 0.